The van der Waals surface area contributed by atoms with Crippen LogP contribution in [0.15, 0.2) is 23.1 Å². The van der Waals surface area contributed by atoms with E-state index in [1.807, 2.05) is 0 Å². The van der Waals surface area contributed by atoms with Crippen molar-refractivity contribution in [2.45, 2.75) is 4.90 Å². The van der Waals surface area contributed by atoms with Crippen LogP contribution in [0.4, 0.5) is 5.69 Å². The van der Waals surface area contributed by atoms with Crippen molar-refractivity contribution >= 4 is 36.2 Å². The Hall–Kier alpha value is -0.552. The van der Waals surface area contributed by atoms with E-state index in [-0.39, 0.29) is 10.6 Å². The van der Waals surface area contributed by atoms with Crippen LogP contribution in [0.1, 0.15) is 0 Å². The Morgan fingerprint density at radius 2 is 2.00 bits per heavy atom. The first kappa shape index (κ1) is 10.5. The van der Waals surface area contributed by atoms with Gasteiger partial charge in [-0.2, -0.15) is 0 Å². The Labute approximate surface area is 82.8 Å². The van der Waals surface area contributed by atoms with Crippen molar-refractivity contribution in [2.24, 2.45) is 5.14 Å². The molecule has 71 valence electrons. The second-order valence-corrected chi connectivity index (χ2v) is 5.36. The zero-order valence-electron chi connectivity index (χ0n) is 6.51. The first-order valence-electron chi connectivity index (χ1n) is 3.22. The average molecular weight is 263 g/mol. The van der Waals surface area contributed by atoms with Crippen LogP contribution in [0.3, 0.4) is 0 Å². The van der Waals surface area contributed by atoms with Gasteiger partial charge in [-0.05, 0) is 0 Å². The van der Waals surface area contributed by atoms with Gasteiger partial charge in [0.05, 0.1) is 0 Å². The van der Waals surface area contributed by atoms with Crippen LogP contribution in [0.2, 0.25) is 0 Å². The topological polar surface area (TPSA) is 106 Å². The van der Waals surface area contributed by atoms with E-state index in [2.05, 4.69) is 0 Å². The summed E-state index contributed by atoms with van der Waals surface area (Å²) in [6.07, 6.45) is 0. The van der Waals surface area contributed by atoms with E-state index in [1.54, 1.807) is 0 Å². The molecule has 0 fully saturated rings. The minimum atomic E-state index is -3.70. The summed E-state index contributed by atoms with van der Waals surface area (Å²) in [4.78, 5) is -0.0385. The number of hydrogen-bond donors (Lipinski definition) is 3. The first-order chi connectivity index (χ1) is 5.95. The van der Waals surface area contributed by atoms with Crippen molar-refractivity contribution < 1.29 is 12.5 Å². The molecular formula is C6H8AsN2O3S. The zero-order chi connectivity index (χ0) is 10.1. The van der Waals surface area contributed by atoms with Gasteiger partial charge in [-0.3, -0.25) is 0 Å². The monoisotopic (exact) mass is 263 g/mol. The molecule has 0 bridgehead atoms. The number of sulfonamides is 1. The van der Waals surface area contributed by atoms with Gasteiger partial charge in [-0.15, -0.1) is 0 Å². The summed E-state index contributed by atoms with van der Waals surface area (Å²) < 4.78 is 31.1. The van der Waals surface area contributed by atoms with Crippen LogP contribution in [0.25, 0.3) is 0 Å². The maximum atomic E-state index is 10.9. The molecule has 0 saturated heterocycles. The summed E-state index contributed by atoms with van der Waals surface area (Å²) in [7, 11) is -3.70. The number of benzene rings is 1. The first-order valence-corrected chi connectivity index (χ1v) is 6.55. The molecule has 0 aliphatic rings. The van der Waals surface area contributed by atoms with E-state index in [9.17, 15) is 8.42 Å². The molecule has 5 nitrogen and oxygen atoms in total. The summed E-state index contributed by atoms with van der Waals surface area (Å²) in [6.45, 7) is 0. The molecule has 0 atom stereocenters. The number of primary sulfonamides is 1. The Morgan fingerprint density at radius 3 is 2.38 bits per heavy atom. The minimum absolute atomic E-state index is 0.0385. The van der Waals surface area contributed by atoms with E-state index in [4.69, 9.17) is 15.0 Å². The number of anilines is 1. The fourth-order valence-electron chi connectivity index (χ4n) is 0.801. The third-order valence-electron chi connectivity index (χ3n) is 1.44. The molecule has 1 rings (SSSR count). The molecule has 0 saturated carbocycles. The number of hydrogen-bond acceptors (Lipinski definition) is 4. The number of nitrogen functional groups attached to an aromatic ring is 1. The van der Waals surface area contributed by atoms with E-state index < -0.39 is 26.1 Å². The molecule has 5 N–H and O–H groups in total. The molecule has 7 heteroatoms. The Balaban J connectivity index is 3.26. The molecule has 1 radical (unpaired) electrons. The number of rotatable bonds is 2. The van der Waals surface area contributed by atoms with Crippen molar-refractivity contribution in [1.29, 1.82) is 0 Å². The van der Waals surface area contributed by atoms with E-state index >= 15 is 0 Å². The van der Waals surface area contributed by atoms with Gasteiger partial charge < -0.3 is 0 Å². The molecule has 1 aromatic carbocycles. The summed E-state index contributed by atoms with van der Waals surface area (Å²) in [5, 5.41) is 4.88. The molecule has 0 heterocycles. The van der Waals surface area contributed by atoms with Gasteiger partial charge in [0.25, 0.3) is 0 Å². The normalized spacial score (nSPS) is 12.5. The number of nitrogens with two attached hydrogens (primary N) is 2. The maximum absolute atomic E-state index is 10.9. The van der Waals surface area contributed by atoms with Crippen molar-refractivity contribution in [3.05, 3.63) is 18.2 Å². The summed E-state index contributed by atoms with van der Waals surface area (Å²) in [5.74, 6) is 0. The van der Waals surface area contributed by atoms with E-state index in [0.29, 0.717) is 4.35 Å². The van der Waals surface area contributed by atoms with E-state index in [1.165, 1.54) is 18.2 Å². The summed E-state index contributed by atoms with van der Waals surface area (Å²) in [5.41, 5.74) is 5.73. The molecule has 0 amide bonds. The summed E-state index contributed by atoms with van der Waals surface area (Å²) in [6, 6.07) is 4.04. The van der Waals surface area contributed by atoms with Crippen LogP contribution in [-0.2, 0) is 10.0 Å². The molecule has 0 spiro atoms. The second kappa shape index (κ2) is 3.67. The van der Waals surface area contributed by atoms with Gasteiger partial charge in [0.1, 0.15) is 0 Å². The van der Waals surface area contributed by atoms with Crippen LogP contribution in [0.5, 0.6) is 0 Å². The van der Waals surface area contributed by atoms with Crippen molar-refractivity contribution in [3.8, 4) is 0 Å². The van der Waals surface area contributed by atoms with Crippen LogP contribution < -0.4 is 15.2 Å². The van der Waals surface area contributed by atoms with Crippen molar-refractivity contribution in [3.63, 3.8) is 0 Å². The van der Waals surface area contributed by atoms with Gasteiger partial charge in [0, 0.05) is 0 Å². The fourth-order valence-corrected chi connectivity index (χ4v) is 2.02. The second-order valence-electron chi connectivity index (χ2n) is 2.37. The molecule has 0 aliphatic carbocycles. The van der Waals surface area contributed by atoms with Crippen molar-refractivity contribution in [1.82, 2.24) is 0 Å². The van der Waals surface area contributed by atoms with E-state index in [0.717, 1.165) is 0 Å². The predicted octanol–water partition coefficient (Wildman–Crippen LogP) is -1.85. The van der Waals surface area contributed by atoms with Crippen LogP contribution in [0, 0.1) is 0 Å². The fraction of sp³-hybridized carbons (Fsp3) is 0. The molecule has 0 aromatic heterocycles. The Bertz CT molecular complexity index is 418. The molecule has 0 unspecified atom stereocenters. The molecule has 13 heavy (non-hydrogen) atoms. The third kappa shape index (κ3) is 2.44. The quantitative estimate of drug-likeness (QED) is 0.430. The summed E-state index contributed by atoms with van der Waals surface area (Å²) >= 11 is -0.990. The van der Waals surface area contributed by atoms with Crippen molar-refractivity contribution in [2.75, 3.05) is 5.73 Å². The SMILES string of the molecule is Nc1cc(S(N)(=O)=O)ccc1[As]O. The van der Waals surface area contributed by atoms with Gasteiger partial charge >= 0.3 is 82.6 Å². The zero-order valence-corrected chi connectivity index (χ0v) is 9.20. The Kier molecular flexibility index (Phi) is 2.97. The average Bonchev–Trinajstić information content (AvgIpc) is 2.02. The van der Waals surface area contributed by atoms with Gasteiger partial charge in [0.2, 0.25) is 0 Å². The van der Waals surface area contributed by atoms with Gasteiger partial charge in [-0.25, -0.2) is 0 Å². The van der Waals surface area contributed by atoms with Crippen LogP contribution >= 0.6 is 0 Å². The standard InChI is InChI=1S/C6H8AsN2O3S/c8-6-3-4(13(9,11)12)1-2-5(6)7-10/h1-3,10H,8H2,(H2,9,11,12). The third-order valence-corrected chi connectivity index (χ3v) is 3.65. The van der Waals surface area contributed by atoms with Gasteiger partial charge in [0.15, 0.2) is 0 Å². The molecule has 0 aliphatic heterocycles. The molecular weight excluding hydrogens is 255 g/mol. The van der Waals surface area contributed by atoms with Gasteiger partial charge in [-0.1, -0.05) is 0 Å². The van der Waals surface area contributed by atoms with Crippen LogP contribution in [-0.4, -0.2) is 28.6 Å². The predicted molar refractivity (Wildman–Crippen MR) is 49.8 cm³/mol. The molecule has 1 aromatic rings. The Morgan fingerprint density at radius 1 is 1.38 bits per heavy atom.